The Morgan fingerprint density at radius 1 is 1.00 bits per heavy atom. The number of fused-ring (bicyclic) bond motifs is 1. The van der Waals surface area contributed by atoms with Gasteiger partial charge in [0.2, 0.25) is 0 Å². The predicted octanol–water partition coefficient (Wildman–Crippen LogP) is 4.97. The average molecular weight is 455 g/mol. The van der Waals surface area contributed by atoms with Crippen LogP contribution in [-0.2, 0) is 16.4 Å². The summed E-state index contributed by atoms with van der Waals surface area (Å²) in [7, 11) is -2.24. The summed E-state index contributed by atoms with van der Waals surface area (Å²) in [6.07, 6.45) is 2.98. The summed E-state index contributed by atoms with van der Waals surface area (Å²) >= 11 is 5.86. The smallest absolute Gasteiger partial charge is 0.264 e. The van der Waals surface area contributed by atoms with Gasteiger partial charge in [0.1, 0.15) is 0 Å². The van der Waals surface area contributed by atoms with E-state index in [4.69, 9.17) is 11.6 Å². The number of hydrogen-bond acceptors (Lipinski definition) is 3. The van der Waals surface area contributed by atoms with E-state index in [1.54, 1.807) is 36.4 Å². The third-order valence-electron chi connectivity index (χ3n) is 5.64. The molecule has 1 aliphatic carbocycles. The topological polar surface area (TPSA) is 66.5 Å². The minimum atomic E-state index is -3.72. The van der Waals surface area contributed by atoms with Crippen molar-refractivity contribution in [3.63, 3.8) is 0 Å². The SMILES string of the molecule is CN(c1ccc(C(=O)N[C@@H]2CCCc3ccccc32)cc1)S(=O)(=O)c1ccc(Cl)cc1. The standard InChI is InChI=1S/C24H23ClN2O3S/c1-27(31(29,30)21-15-11-19(25)12-16-21)20-13-9-18(10-14-20)24(28)26-23-8-4-6-17-5-2-3-7-22(17)23/h2-3,5,7,9-16,23H,4,6,8H2,1H3,(H,26,28)/t23-/m1/s1. The highest BCUT2D eigenvalue weighted by Crippen LogP contribution is 2.30. The number of carbonyl (C=O) groups is 1. The zero-order chi connectivity index (χ0) is 22.0. The molecular formula is C24H23ClN2O3S. The van der Waals surface area contributed by atoms with Gasteiger partial charge < -0.3 is 5.32 Å². The summed E-state index contributed by atoms with van der Waals surface area (Å²) in [5, 5.41) is 3.59. The molecule has 31 heavy (non-hydrogen) atoms. The third-order valence-corrected chi connectivity index (χ3v) is 7.69. The molecule has 0 heterocycles. The zero-order valence-corrected chi connectivity index (χ0v) is 18.7. The maximum atomic E-state index is 12.8. The number of halogens is 1. The van der Waals surface area contributed by atoms with Crippen molar-refractivity contribution in [2.24, 2.45) is 0 Å². The number of rotatable bonds is 5. The van der Waals surface area contributed by atoms with Crippen LogP contribution >= 0.6 is 11.6 Å². The molecule has 0 aliphatic heterocycles. The van der Waals surface area contributed by atoms with Gasteiger partial charge in [0.25, 0.3) is 15.9 Å². The van der Waals surface area contributed by atoms with Crippen LogP contribution in [0.4, 0.5) is 5.69 Å². The maximum absolute atomic E-state index is 12.8. The van der Waals surface area contributed by atoms with Gasteiger partial charge in [-0.2, -0.15) is 0 Å². The van der Waals surface area contributed by atoms with Gasteiger partial charge in [0.05, 0.1) is 16.6 Å². The van der Waals surface area contributed by atoms with E-state index in [1.165, 1.54) is 34.6 Å². The highest BCUT2D eigenvalue weighted by atomic mass is 35.5. The summed E-state index contributed by atoms with van der Waals surface area (Å²) < 4.78 is 26.9. The van der Waals surface area contributed by atoms with Crippen LogP contribution in [0.25, 0.3) is 0 Å². The van der Waals surface area contributed by atoms with E-state index in [0.717, 1.165) is 19.3 Å². The summed E-state index contributed by atoms with van der Waals surface area (Å²) in [6.45, 7) is 0. The van der Waals surface area contributed by atoms with E-state index in [-0.39, 0.29) is 16.8 Å². The van der Waals surface area contributed by atoms with Gasteiger partial charge in [-0.05, 0) is 78.9 Å². The number of amides is 1. The lowest BCUT2D eigenvalue weighted by Crippen LogP contribution is -2.31. The second-order valence-corrected chi connectivity index (χ2v) is 10.00. The molecule has 0 bridgehead atoms. The number of aryl methyl sites for hydroxylation is 1. The minimum Gasteiger partial charge on any atom is -0.345 e. The van der Waals surface area contributed by atoms with Crippen LogP contribution in [-0.4, -0.2) is 21.4 Å². The van der Waals surface area contributed by atoms with Crippen molar-refractivity contribution >= 4 is 33.2 Å². The van der Waals surface area contributed by atoms with E-state index < -0.39 is 10.0 Å². The van der Waals surface area contributed by atoms with Gasteiger partial charge in [-0.3, -0.25) is 9.10 Å². The van der Waals surface area contributed by atoms with E-state index in [2.05, 4.69) is 17.4 Å². The van der Waals surface area contributed by atoms with Gasteiger partial charge in [-0.25, -0.2) is 8.42 Å². The first-order chi connectivity index (χ1) is 14.9. The quantitative estimate of drug-likeness (QED) is 0.591. The van der Waals surface area contributed by atoms with Crippen LogP contribution in [0.2, 0.25) is 5.02 Å². The molecule has 3 aromatic rings. The third kappa shape index (κ3) is 4.45. The second-order valence-electron chi connectivity index (χ2n) is 7.59. The van der Waals surface area contributed by atoms with Crippen molar-refractivity contribution < 1.29 is 13.2 Å². The summed E-state index contributed by atoms with van der Waals surface area (Å²) in [5.74, 6) is -0.170. The van der Waals surface area contributed by atoms with Gasteiger partial charge >= 0.3 is 0 Å². The second kappa shape index (κ2) is 8.73. The highest BCUT2D eigenvalue weighted by molar-refractivity contribution is 7.92. The number of anilines is 1. The lowest BCUT2D eigenvalue weighted by atomic mass is 9.87. The Labute approximate surface area is 187 Å². The molecule has 3 aromatic carbocycles. The first kappa shape index (κ1) is 21.4. The molecule has 0 spiro atoms. The summed E-state index contributed by atoms with van der Waals surface area (Å²) in [4.78, 5) is 12.9. The number of carbonyl (C=O) groups excluding carboxylic acids is 1. The Bertz CT molecular complexity index is 1190. The van der Waals surface area contributed by atoms with Crippen LogP contribution in [0.15, 0.2) is 77.7 Å². The molecule has 5 nitrogen and oxygen atoms in total. The molecule has 160 valence electrons. The van der Waals surface area contributed by atoms with Crippen molar-refractivity contribution in [2.45, 2.75) is 30.2 Å². The number of nitrogens with zero attached hydrogens (tertiary/aromatic N) is 1. The minimum absolute atomic E-state index is 0.00918. The average Bonchev–Trinajstić information content (AvgIpc) is 2.79. The van der Waals surface area contributed by atoms with Gasteiger partial charge in [-0.15, -0.1) is 0 Å². The molecule has 1 aliphatic rings. The molecule has 1 N–H and O–H groups in total. The van der Waals surface area contributed by atoms with Crippen molar-refractivity contribution in [2.75, 3.05) is 11.4 Å². The fourth-order valence-corrected chi connectivity index (χ4v) is 5.19. The Balaban J connectivity index is 1.49. The molecule has 0 unspecified atom stereocenters. The fraction of sp³-hybridized carbons (Fsp3) is 0.208. The maximum Gasteiger partial charge on any atom is 0.264 e. The van der Waals surface area contributed by atoms with Crippen LogP contribution in [0.3, 0.4) is 0 Å². The van der Waals surface area contributed by atoms with E-state index in [9.17, 15) is 13.2 Å². The first-order valence-corrected chi connectivity index (χ1v) is 11.9. The van der Waals surface area contributed by atoms with E-state index in [0.29, 0.717) is 16.3 Å². The lowest BCUT2D eigenvalue weighted by Gasteiger charge is -2.26. The predicted molar refractivity (Wildman–Crippen MR) is 123 cm³/mol. The zero-order valence-electron chi connectivity index (χ0n) is 17.1. The van der Waals surface area contributed by atoms with Gasteiger partial charge in [-0.1, -0.05) is 35.9 Å². The molecule has 0 radical (unpaired) electrons. The van der Waals surface area contributed by atoms with Crippen LogP contribution < -0.4 is 9.62 Å². The molecule has 4 rings (SSSR count). The molecule has 0 saturated heterocycles. The number of sulfonamides is 1. The van der Waals surface area contributed by atoms with Gasteiger partial charge in [0, 0.05) is 17.6 Å². The van der Waals surface area contributed by atoms with Crippen molar-refractivity contribution in [1.29, 1.82) is 0 Å². The van der Waals surface area contributed by atoms with E-state index in [1.807, 2.05) is 12.1 Å². The molecule has 0 aromatic heterocycles. The molecule has 0 fully saturated rings. The highest BCUT2D eigenvalue weighted by Gasteiger charge is 2.23. The molecular weight excluding hydrogens is 432 g/mol. The van der Waals surface area contributed by atoms with Crippen LogP contribution in [0, 0.1) is 0 Å². The number of benzene rings is 3. The fourth-order valence-electron chi connectivity index (χ4n) is 3.87. The Morgan fingerprint density at radius 2 is 1.68 bits per heavy atom. The van der Waals surface area contributed by atoms with Crippen molar-refractivity contribution in [1.82, 2.24) is 5.32 Å². The molecule has 0 saturated carbocycles. The molecule has 1 amide bonds. The first-order valence-electron chi connectivity index (χ1n) is 10.1. The van der Waals surface area contributed by atoms with Crippen molar-refractivity contribution in [3.05, 3.63) is 94.5 Å². The van der Waals surface area contributed by atoms with E-state index >= 15 is 0 Å². The Hall–Kier alpha value is -2.83. The lowest BCUT2D eigenvalue weighted by molar-refractivity contribution is 0.0933. The van der Waals surface area contributed by atoms with Crippen molar-refractivity contribution in [3.8, 4) is 0 Å². The Morgan fingerprint density at radius 3 is 2.39 bits per heavy atom. The molecule has 1 atom stereocenters. The summed E-state index contributed by atoms with van der Waals surface area (Å²) in [6, 6.07) is 20.8. The largest absolute Gasteiger partial charge is 0.345 e. The number of hydrogen-bond donors (Lipinski definition) is 1. The monoisotopic (exact) mass is 454 g/mol. The summed E-state index contributed by atoms with van der Waals surface area (Å²) in [5.41, 5.74) is 3.41. The van der Waals surface area contributed by atoms with Crippen LogP contribution in [0.1, 0.15) is 40.4 Å². The normalized spacial score (nSPS) is 15.7. The van der Waals surface area contributed by atoms with Gasteiger partial charge in [0.15, 0.2) is 0 Å². The molecule has 7 heteroatoms. The Kier molecular flexibility index (Phi) is 6.03. The van der Waals surface area contributed by atoms with Crippen LogP contribution in [0.5, 0.6) is 0 Å². The number of nitrogens with one attached hydrogen (secondary N) is 1.